The number of aryl methyl sites for hydroxylation is 4. The average molecular weight is 639 g/mol. The van der Waals surface area contributed by atoms with Gasteiger partial charge >= 0.3 is 0 Å². The van der Waals surface area contributed by atoms with Gasteiger partial charge in [0, 0.05) is 20.1 Å². The van der Waals surface area contributed by atoms with Crippen molar-refractivity contribution in [1.29, 1.82) is 0 Å². The normalized spacial score (nSPS) is 11.3. The zero-order chi connectivity index (χ0) is 24.5. The van der Waals surface area contributed by atoms with E-state index in [2.05, 4.69) is 70.2 Å². The van der Waals surface area contributed by atoms with Crippen molar-refractivity contribution in [3.05, 3.63) is 125 Å². The molecular weight excluding hydrogens is 607 g/mol. The van der Waals surface area contributed by atoms with Gasteiger partial charge in [-0.05, 0) is 75.9 Å². The van der Waals surface area contributed by atoms with E-state index < -0.39 is 0 Å². The van der Waals surface area contributed by atoms with Crippen LogP contribution in [0.15, 0.2) is 94.9 Å². The monoisotopic (exact) mass is 639 g/mol. The van der Waals surface area contributed by atoms with Crippen molar-refractivity contribution < 1.29 is 20.1 Å². The largest absolute Gasteiger partial charge is 0.251 e. The van der Waals surface area contributed by atoms with Gasteiger partial charge in [-0.1, -0.05) is 42.5 Å². The minimum absolute atomic E-state index is 0. The van der Waals surface area contributed by atoms with E-state index in [9.17, 15) is 0 Å². The maximum Gasteiger partial charge on any atom is 0.0849 e. The number of nitrogens with zero attached hydrogens (tertiary/aromatic N) is 3. The Morgan fingerprint density at radius 1 is 0.571 bits per heavy atom. The van der Waals surface area contributed by atoms with Crippen LogP contribution in [0.5, 0.6) is 0 Å². The van der Waals surface area contributed by atoms with Crippen LogP contribution in [-0.4, -0.2) is 16.4 Å². The minimum atomic E-state index is 0. The molecule has 0 atom stereocenters. The fourth-order valence-electron chi connectivity index (χ4n) is 3.59. The van der Waals surface area contributed by atoms with Crippen LogP contribution in [-0.2, 0) is 20.1 Å². The zero-order valence-electron chi connectivity index (χ0n) is 21.3. The molecule has 1 aromatic heterocycles. The van der Waals surface area contributed by atoms with Crippen molar-refractivity contribution in [3.8, 4) is 0 Å². The Labute approximate surface area is 223 Å². The molecule has 0 aliphatic carbocycles. The third-order valence-electron chi connectivity index (χ3n) is 5.54. The van der Waals surface area contributed by atoms with Gasteiger partial charge in [0.05, 0.1) is 34.2 Å². The van der Waals surface area contributed by atoms with Crippen molar-refractivity contribution in [2.45, 2.75) is 41.5 Å². The van der Waals surface area contributed by atoms with E-state index in [-0.39, 0.29) is 20.1 Å². The van der Waals surface area contributed by atoms with Crippen molar-refractivity contribution in [2.75, 3.05) is 0 Å². The molecule has 1 heterocycles. The maximum absolute atomic E-state index is 4.86. The summed E-state index contributed by atoms with van der Waals surface area (Å²) in [6.45, 7) is 12.4. The number of para-hydroxylation sites is 2. The first-order chi connectivity index (χ1) is 16.4. The molecule has 0 N–H and O–H groups in total. The third-order valence-corrected chi connectivity index (χ3v) is 5.54. The van der Waals surface area contributed by atoms with Crippen LogP contribution >= 0.6 is 0 Å². The van der Waals surface area contributed by atoms with E-state index in [0.29, 0.717) is 0 Å². The van der Waals surface area contributed by atoms with Gasteiger partial charge < -0.3 is 0 Å². The second kappa shape index (κ2) is 13.6. The molecule has 0 fully saturated rings. The molecule has 35 heavy (non-hydrogen) atoms. The van der Waals surface area contributed by atoms with E-state index in [4.69, 9.17) is 15.0 Å². The Hall–Kier alpha value is -3.20. The average Bonchev–Trinajstić information content (AvgIpc) is 2.85. The predicted molar refractivity (Wildman–Crippen MR) is 145 cm³/mol. The number of pyridine rings is 1. The first-order valence-electron chi connectivity index (χ1n) is 11.5. The Morgan fingerprint density at radius 3 is 1.26 bits per heavy atom. The summed E-state index contributed by atoms with van der Waals surface area (Å²) in [6.07, 6.45) is 0. The quantitative estimate of drug-likeness (QED) is 0.165. The number of aromatic nitrogens is 1. The minimum Gasteiger partial charge on any atom is -0.251 e. The molecule has 3 aromatic carbocycles. The van der Waals surface area contributed by atoms with Gasteiger partial charge in [0.2, 0.25) is 0 Å². The molecule has 4 aromatic rings. The van der Waals surface area contributed by atoms with Crippen LogP contribution in [0.25, 0.3) is 0 Å². The van der Waals surface area contributed by atoms with Crippen LogP contribution in [0.2, 0.25) is 0 Å². The Balaban J connectivity index is 0.000000539. The summed E-state index contributed by atoms with van der Waals surface area (Å²) in [7, 11) is 0. The summed E-state index contributed by atoms with van der Waals surface area (Å²) >= 11 is 0. The number of hydrogen-bond acceptors (Lipinski definition) is 3. The summed E-state index contributed by atoms with van der Waals surface area (Å²) in [4.78, 5) is 14.5. The second-order valence-electron chi connectivity index (χ2n) is 8.36. The van der Waals surface area contributed by atoms with E-state index in [1.54, 1.807) is 0 Å². The van der Waals surface area contributed by atoms with E-state index >= 15 is 0 Å². The Kier molecular flexibility index (Phi) is 10.9. The molecule has 3 nitrogen and oxygen atoms in total. The summed E-state index contributed by atoms with van der Waals surface area (Å²) in [5.74, 6) is 0. The van der Waals surface area contributed by atoms with Gasteiger partial charge in [0.1, 0.15) is 0 Å². The maximum atomic E-state index is 4.86. The van der Waals surface area contributed by atoms with Gasteiger partial charge in [-0.2, -0.15) is 36.4 Å². The van der Waals surface area contributed by atoms with Crippen molar-refractivity contribution in [2.24, 2.45) is 9.98 Å². The van der Waals surface area contributed by atoms with E-state index in [0.717, 1.165) is 34.2 Å². The van der Waals surface area contributed by atoms with Crippen LogP contribution in [0.1, 0.15) is 47.5 Å². The van der Waals surface area contributed by atoms with Gasteiger partial charge in [0.15, 0.2) is 0 Å². The second-order valence-corrected chi connectivity index (χ2v) is 8.36. The topological polar surface area (TPSA) is 37.6 Å². The third kappa shape index (κ3) is 7.92. The fourth-order valence-corrected chi connectivity index (χ4v) is 3.59. The number of aliphatic imine (C=N–C) groups is 2. The smallest absolute Gasteiger partial charge is 0.0849 e. The zero-order valence-corrected chi connectivity index (χ0v) is 23.7. The van der Waals surface area contributed by atoms with Crippen LogP contribution in [0.4, 0.5) is 11.4 Å². The van der Waals surface area contributed by atoms with Gasteiger partial charge in [-0.15, -0.1) is 0 Å². The number of benzene rings is 3. The first-order valence-corrected chi connectivity index (χ1v) is 11.5. The van der Waals surface area contributed by atoms with Crippen LogP contribution < -0.4 is 0 Å². The molecule has 0 saturated carbocycles. The molecule has 0 aliphatic heterocycles. The molecule has 0 bridgehead atoms. The Morgan fingerprint density at radius 2 is 0.943 bits per heavy atom. The summed E-state index contributed by atoms with van der Waals surface area (Å²) in [5, 5.41) is 0. The fraction of sp³-hybridized carbons (Fsp3) is 0.194. The van der Waals surface area contributed by atoms with Gasteiger partial charge in [-0.25, -0.2) is 4.98 Å². The molecule has 0 unspecified atom stereocenters. The SMILES string of the molecule is CC(=Nc1c(C)cccc1C)c1cccc(C(C)=Nc2c(C)cccc2C)n1.[Ir].[c-]1ccccc1. The molecule has 4 heteroatoms. The van der Waals surface area contributed by atoms with Crippen LogP contribution in [0, 0.1) is 33.8 Å². The molecule has 181 valence electrons. The van der Waals surface area contributed by atoms with Crippen molar-refractivity contribution in [3.63, 3.8) is 0 Å². The molecule has 4 rings (SSSR count). The number of hydrogen-bond donors (Lipinski definition) is 0. The van der Waals surface area contributed by atoms with Crippen molar-refractivity contribution >= 4 is 22.8 Å². The van der Waals surface area contributed by atoms with Gasteiger partial charge in [0.25, 0.3) is 0 Å². The molecule has 0 aliphatic rings. The van der Waals surface area contributed by atoms with E-state index in [1.807, 2.05) is 62.4 Å². The standard InChI is InChI=1S/C25H27N3.C6H5.Ir/c1-16-10-7-11-17(2)24(16)26-20(5)22-14-9-15-23(28-22)21(6)27-25-18(3)12-8-13-19(25)4;1-2-4-6-5-3-1;/h7-15H,1-6H3;1-5H;/q;-1;. The molecule has 0 spiro atoms. The van der Waals surface area contributed by atoms with Crippen LogP contribution in [0.3, 0.4) is 0 Å². The first kappa shape index (κ1) is 28.0. The molecular formula is C31H32IrN3-. The molecule has 0 amide bonds. The predicted octanol–water partition coefficient (Wildman–Crippen LogP) is 8.08. The van der Waals surface area contributed by atoms with E-state index in [1.165, 1.54) is 22.3 Å². The van der Waals surface area contributed by atoms with Crippen molar-refractivity contribution in [1.82, 2.24) is 4.98 Å². The Bertz CT molecular complexity index is 1160. The number of rotatable bonds is 4. The van der Waals surface area contributed by atoms with Gasteiger partial charge in [-0.3, -0.25) is 9.98 Å². The summed E-state index contributed by atoms with van der Waals surface area (Å²) in [5.41, 5.74) is 10.3. The molecule has 0 saturated heterocycles. The summed E-state index contributed by atoms with van der Waals surface area (Å²) < 4.78 is 0. The molecule has 1 radical (unpaired) electrons. The summed E-state index contributed by atoms with van der Waals surface area (Å²) in [6, 6.07) is 31.0.